The van der Waals surface area contributed by atoms with E-state index in [4.69, 9.17) is 16.3 Å². The average Bonchev–Trinajstić information content (AvgIpc) is 3.06. The van der Waals surface area contributed by atoms with Gasteiger partial charge in [0, 0.05) is 29.3 Å². The van der Waals surface area contributed by atoms with Gasteiger partial charge in [-0.2, -0.15) is 0 Å². The highest BCUT2D eigenvalue weighted by Crippen LogP contribution is 2.44. The first kappa shape index (κ1) is 19.9. The third-order valence-corrected chi connectivity index (χ3v) is 5.36. The van der Waals surface area contributed by atoms with Crippen LogP contribution < -0.4 is 5.32 Å². The summed E-state index contributed by atoms with van der Waals surface area (Å²) in [7, 11) is 0. The lowest BCUT2D eigenvalue weighted by Crippen LogP contribution is -2.43. The van der Waals surface area contributed by atoms with Gasteiger partial charge in [0.05, 0.1) is 0 Å². The van der Waals surface area contributed by atoms with Crippen molar-refractivity contribution in [3.8, 4) is 11.1 Å². The number of benzene rings is 2. The quantitative estimate of drug-likeness (QED) is 0.619. The van der Waals surface area contributed by atoms with Crippen LogP contribution in [-0.4, -0.2) is 34.8 Å². The van der Waals surface area contributed by atoms with Gasteiger partial charge in [-0.05, 0) is 34.4 Å². The maximum absolute atomic E-state index is 12.4. The first-order valence-electron chi connectivity index (χ1n) is 9.47. The fraction of sp³-hybridized carbons (Fsp3) is 0.174. The van der Waals surface area contributed by atoms with E-state index in [2.05, 4.69) is 10.3 Å². The van der Waals surface area contributed by atoms with Gasteiger partial charge in [-0.1, -0.05) is 60.1 Å². The molecule has 1 aromatic heterocycles. The molecule has 6 nitrogen and oxygen atoms in total. The number of nitrogens with zero attached hydrogens (tertiary/aromatic N) is 1. The number of halogens is 1. The van der Waals surface area contributed by atoms with E-state index >= 15 is 0 Å². The van der Waals surface area contributed by atoms with Gasteiger partial charge in [0.15, 0.2) is 0 Å². The van der Waals surface area contributed by atoms with Crippen LogP contribution in [0.3, 0.4) is 0 Å². The van der Waals surface area contributed by atoms with E-state index in [1.165, 1.54) is 6.20 Å². The summed E-state index contributed by atoms with van der Waals surface area (Å²) in [5.41, 5.74) is 4.89. The molecule has 1 heterocycles. The van der Waals surface area contributed by atoms with Crippen LogP contribution in [0, 0.1) is 0 Å². The van der Waals surface area contributed by atoms with E-state index in [1.807, 2.05) is 48.5 Å². The number of carbonyl (C=O) groups excluding carboxylic acids is 1. The van der Waals surface area contributed by atoms with Gasteiger partial charge >= 0.3 is 12.1 Å². The highest BCUT2D eigenvalue weighted by molar-refractivity contribution is 6.30. The Hall–Kier alpha value is -3.38. The number of carbonyl (C=O) groups is 2. The van der Waals surface area contributed by atoms with Crippen LogP contribution >= 0.6 is 11.6 Å². The fourth-order valence-corrected chi connectivity index (χ4v) is 3.93. The Bertz CT molecular complexity index is 1060. The van der Waals surface area contributed by atoms with Crippen molar-refractivity contribution in [3.63, 3.8) is 0 Å². The van der Waals surface area contributed by atoms with E-state index in [-0.39, 0.29) is 18.9 Å². The summed E-state index contributed by atoms with van der Waals surface area (Å²) < 4.78 is 5.42. The Morgan fingerprint density at radius 2 is 1.70 bits per heavy atom. The van der Waals surface area contributed by atoms with Crippen molar-refractivity contribution >= 4 is 23.7 Å². The molecule has 0 fully saturated rings. The summed E-state index contributed by atoms with van der Waals surface area (Å²) in [5.74, 6) is -1.27. The fourth-order valence-electron chi connectivity index (χ4n) is 3.75. The molecular weight excluding hydrogens is 404 g/mol. The van der Waals surface area contributed by atoms with E-state index in [9.17, 15) is 14.7 Å². The van der Waals surface area contributed by atoms with Crippen LogP contribution in [0.5, 0.6) is 0 Å². The van der Waals surface area contributed by atoms with Gasteiger partial charge in [-0.15, -0.1) is 0 Å². The number of carboxylic acids is 1. The molecule has 1 atom stereocenters. The van der Waals surface area contributed by atoms with Crippen LogP contribution in [0.25, 0.3) is 11.1 Å². The molecule has 1 amide bonds. The Morgan fingerprint density at radius 3 is 2.30 bits per heavy atom. The van der Waals surface area contributed by atoms with Crippen molar-refractivity contribution in [2.24, 2.45) is 0 Å². The molecule has 3 aromatic rings. The van der Waals surface area contributed by atoms with Gasteiger partial charge in [-0.3, -0.25) is 4.98 Å². The summed E-state index contributed by atoms with van der Waals surface area (Å²) in [6.07, 6.45) is 0.704. The molecule has 0 aliphatic heterocycles. The summed E-state index contributed by atoms with van der Waals surface area (Å²) in [6, 6.07) is 18.0. The molecule has 0 spiro atoms. The lowest BCUT2D eigenvalue weighted by molar-refractivity contribution is -0.139. The topological polar surface area (TPSA) is 88.5 Å². The third-order valence-electron chi connectivity index (χ3n) is 5.13. The van der Waals surface area contributed by atoms with Crippen molar-refractivity contribution in [3.05, 3.63) is 88.7 Å². The highest BCUT2D eigenvalue weighted by Gasteiger charge is 2.29. The predicted molar refractivity (Wildman–Crippen MR) is 113 cm³/mol. The maximum atomic E-state index is 12.4. The van der Waals surface area contributed by atoms with E-state index < -0.39 is 18.1 Å². The minimum Gasteiger partial charge on any atom is -0.480 e. The molecule has 4 rings (SSSR count). The largest absolute Gasteiger partial charge is 0.480 e. The molecule has 2 N–H and O–H groups in total. The second-order valence-electron chi connectivity index (χ2n) is 7.03. The van der Waals surface area contributed by atoms with Crippen LogP contribution in [0.1, 0.15) is 22.7 Å². The van der Waals surface area contributed by atoms with Crippen LogP contribution in [0.15, 0.2) is 66.9 Å². The number of hydrogen-bond acceptors (Lipinski definition) is 4. The Balaban J connectivity index is 1.43. The van der Waals surface area contributed by atoms with E-state index in [1.54, 1.807) is 12.1 Å². The molecular formula is C23H19ClN2O4. The Morgan fingerprint density at radius 1 is 1.07 bits per heavy atom. The molecule has 0 saturated carbocycles. The summed E-state index contributed by atoms with van der Waals surface area (Å²) in [5, 5.41) is 12.3. The molecule has 0 bridgehead atoms. The first-order valence-corrected chi connectivity index (χ1v) is 9.85. The SMILES string of the molecule is O=C(NC(Cc1cc(Cl)ccn1)C(=O)O)OCC1c2ccccc2-c2ccccc21. The van der Waals surface area contributed by atoms with E-state index in [0.29, 0.717) is 10.7 Å². The minimum atomic E-state index is -1.18. The van der Waals surface area contributed by atoms with Crippen molar-refractivity contribution in [1.29, 1.82) is 0 Å². The number of rotatable bonds is 6. The number of hydrogen-bond donors (Lipinski definition) is 2. The first-order chi connectivity index (χ1) is 14.5. The molecule has 1 aliphatic rings. The monoisotopic (exact) mass is 422 g/mol. The Labute approximate surface area is 178 Å². The molecule has 1 aliphatic carbocycles. The van der Waals surface area contributed by atoms with Gasteiger partial charge < -0.3 is 15.2 Å². The van der Waals surface area contributed by atoms with Crippen molar-refractivity contribution in [2.75, 3.05) is 6.61 Å². The smallest absolute Gasteiger partial charge is 0.407 e. The molecule has 152 valence electrons. The zero-order chi connectivity index (χ0) is 21.1. The number of aromatic nitrogens is 1. The number of fused-ring (bicyclic) bond motifs is 3. The van der Waals surface area contributed by atoms with Gasteiger partial charge in [-0.25, -0.2) is 9.59 Å². The lowest BCUT2D eigenvalue weighted by Gasteiger charge is -2.17. The lowest BCUT2D eigenvalue weighted by atomic mass is 9.98. The van der Waals surface area contributed by atoms with Gasteiger partial charge in [0.25, 0.3) is 0 Å². The molecule has 30 heavy (non-hydrogen) atoms. The number of amides is 1. The second-order valence-corrected chi connectivity index (χ2v) is 7.47. The minimum absolute atomic E-state index is 0.0000880. The van der Waals surface area contributed by atoms with Crippen LogP contribution in [-0.2, 0) is 16.0 Å². The standard InChI is InChI=1S/C23H19ClN2O4/c24-14-9-10-25-15(11-14)12-21(22(27)28)26-23(29)30-13-20-18-7-3-1-5-16(18)17-6-2-4-8-19(17)20/h1-11,20-21H,12-13H2,(H,26,29)(H,27,28). The highest BCUT2D eigenvalue weighted by atomic mass is 35.5. The normalized spacial score (nSPS) is 13.2. The van der Waals surface area contributed by atoms with Gasteiger partial charge in [0.1, 0.15) is 12.6 Å². The van der Waals surface area contributed by atoms with Crippen molar-refractivity contribution in [2.45, 2.75) is 18.4 Å². The zero-order valence-electron chi connectivity index (χ0n) is 15.9. The summed E-state index contributed by atoms with van der Waals surface area (Å²) in [4.78, 5) is 28.0. The van der Waals surface area contributed by atoms with Crippen molar-refractivity contribution in [1.82, 2.24) is 10.3 Å². The number of aliphatic carboxylic acids is 1. The number of nitrogens with one attached hydrogen (secondary N) is 1. The average molecular weight is 423 g/mol. The number of alkyl carbamates (subject to hydrolysis) is 1. The number of pyridine rings is 1. The predicted octanol–water partition coefficient (Wildman–Crippen LogP) is 4.27. The molecule has 7 heteroatoms. The summed E-state index contributed by atoms with van der Waals surface area (Å²) in [6.45, 7) is 0.113. The number of carboxylic acid groups (broad SMARTS) is 1. The maximum Gasteiger partial charge on any atom is 0.407 e. The third kappa shape index (κ3) is 4.14. The zero-order valence-corrected chi connectivity index (χ0v) is 16.7. The Kier molecular flexibility index (Phi) is 5.68. The molecule has 2 aromatic carbocycles. The molecule has 0 radical (unpaired) electrons. The summed E-state index contributed by atoms with van der Waals surface area (Å²) >= 11 is 5.92. The van der Waals surface area contributed by atoms with Crippen LogP contribution in [0.4, 0.5) is 4.79 Å². The molecule has 0 saturated heterocycles. The van der Waals surface area contributed by atoms with E-state index in [0.717, 1.165) is 22.3 Å². The van der Waals surface area contributed by atoms with Gasteiger partial charge in [0.2, 0.25) is 0 Å². The van der Waals surface area contributed by atoms with Crippen LogP contribution in [0.2, 0.25) is 5.02 Å². The molecule has 1 unspecified atom stereocenters. The van der Waals surface area contributed by atoms with Crippen molar-refractivity contribution < 1.29 is 19.4 Å². The number of ether oxygens (including phenoxy) is 1. The second kappa shape index (κ2) is 8.55.